The van der Waals surface area contributed by atoms with Crippen molar-refractivity contribution in [2.75, 3.05) is 0 Å². The molecule has 4 heteroatoms. The maximum Gasteiger partial charge on any atom is 0.187 e. The summed E-state index contributed by atoms with van der Waals surface area (Å²) in [7, 11) is 0. The normalized spacial score (nSPS) is 0. The van der Waals surface area contributed by atoms with Crippen molar-refractivity contribution >= 4 is 17.4 Å². The molecule has 0 aliphatic carbocycles. The summed E-state index contributed by atoms with van der Waals surface area (Å²) in [6.07, 6.45) is 0. The average molecular weight is 244 g/mol. The third kappa shape index (κ3) is 10.2. The molecule has 2 nitrogen and oxygen atoms in total. The van der Waals surface area contributed by atoms with Gasteiger partial charge in [-0.05, 0) is 0 Å². The zero-order chi connectivity index (χ0) is 0. The van der Waals surface area contributed by atoms with E-state index < -0.39 is 0 Å². The topological polar surface area (TPSA) is 66.5 Å². The average Bonchev–Trinajstić information content (AvgIpc) is 0. The predicted molar refractivity (Wildman–Crippen MR) is 18.6 cm³/mol. The largest absolute Gasteiger partial charge is 0.412 e. The fourth-order valence-electron chi connectivity index (χ4n) is 0. The zero-order valence-electron chi connectivity index (χ0n) is 1.71. The molecule has 0 fully saturated rings. The number of rotatable bonds is 0. The van der Waals surface area contributed by atoms with Gasteiger partial charge in [-0.2, -0.15) is 0 Å². The van der Waals surface area contributed by atoms with E-state index in [0.717, 1.165) is 0 Å². The van der Waals surface area contributed by atoms with Crippen LogP contribution in [0.4, 0.5) is 0 Å². The minimum atomic E-state index is 0. The molecule has 0 rings (SSSR count). The summed E-state index contributed by atoms with van der Waals surface area (Å²) >= 11 is 0. The van der Waals surface area contributed by atoms with Crippen LogP contribution in [0.15, 0.2) is 0 Å². The van der Waals surface area contributed by atoms with Gasteiger partial charge in [0.25, 0.3) is 0 Å². The van der Waals surface area contributed by atoms with Crippen LogP contribution >= 0.6 is 0 Å². The van der Waals surface area contributed by atoms with E-state index in [1.165, 1.54) is 0 Å². The van der Waals surface area contributed by atoms with Crippen molar-refractivity contribution in [2.45, 2.75) is 0 Å². The molecule has 0 aliphatic rings. The number of hydrogen-bond acceptors (Lipinski definition) is 1. The molecule has 4 heavy (non-hydrogen) atoms. The first-order chi connectivity index (χ1) is 0. The standard InChI is InChI=1S/Al.Hf.H3N.H2O.3H/h;;1H3;1H2;;;. The summed E-state index contributed by atoms with van der Waals surface area (Å²) in [5.74, 6) is 0. The zero-order valence-corrected chi connectivity index (χ0v) is 5.30. The first-order valence-electron chi connectivity index (χ1n) is 0. The maximum atomic E-state index is 0. The molecule has 0 saturated heterocycles. The molecular weight excluding hydrogens is 235 g/mol. The summed E-state index contributed by atoms with van der Waals surface area (Å²) in [5.41, 5.74) is 0. The molecule has 0 amide bonds. The molecule has 0 bridgehead atoms. The Morgan fingerprint density at radius 2 is 1.00 bits per heavy atom. The second kappa shape index (κ2) is 27.3. The molecule has 0 atom stereocenters. The molecule has 5 N–H and O–H groups in total. The van der Waals surface area contributed by atoms with Crippen molar-refractivity contribution in [1.29, 1.82) is 0 Å². The van der Waals surface area contributed by atoms with Gasteiger partial charge in [-0.3, -0.25) is 0 Å². The van der Waals surface area contributed by atoms with Crippen molar-refractivity contribution < 1.29 is 31.3 Å². The van der Waals surface area contributed by atoms with E-state index >= 15 is 0 Å². The quantitative estimate of drug-likeness (QED) is 0.499. The predicted octanol–water partition coefficient (Wildman–Crippen LogP) is -1.85. The van der Waals surface area contributed by atoms with Crippen molar-refractivity contribution in [3.63, 3.8) is 0 Å². The van der Waals surface area contributed by atoms with Gasteiger partial charge in [0.15, 0.2) is 17.4 Å². The van der Waals surface area contributed by atoms with Crippen molar-refractivity contribution in [3.05, 3.63) is 0 Å². The summed E-state index contributed by atoms with van der Waals surface area (Å²) < 4.78 is 0. The minimum absolute atomic E-state index is 0. The molecule has 0 aromatic heterocycles. The molecule has 0 unspecified atom stereocenters. The van der Waals surface area contributed by atoms with Gasteiger partial charge in [-0.25, -0.2) is 0 Å². The van der Waals surface area contributed by atoms with E-state index in [0.29, 0.717) is 0 Å². The Morgan fingerprint density at radius 3 is 1.00 bits per heavy atom. The fraction of sp³-hybridized carbons (Fsp3) is 0. The van der Waals surface area contributed by atoms with Gasteiger partial charge in [0, 0.05) is 25.8 Å². The van der Waals surface area contributed by atoms with E-state index in [9.17, 15) is 0 Å². The molecule has 0 heterocycles. The van der Waals surface area contributed by atoms with Gasteiger partial charge in [0.1, 0.15) is 0 Å². The molecule has 0 radical (unpaired) electrons. The molecule has 26 valence electrons. The molecular formula is H8AlHfNO. The van der Waals surface area contributed by atoms with Crippen molar-refractivity contribution in [1.82, 2.24) is 6.15 Å². The van der Waals surface area contributed by atoms with Crippen LogP contribution in [0.3, 0.4) is 0 Å². The third-order valence-electron chi connectivity index (χ3n) is 0. The Labute approximate surface area is 54.8 Å². The second-order valence-electron chi connectivity index (χ2n) is 0. The summed E-state index contributed by atoms with van der Waals surface area (Å²) in [4.78, 5) is 0. The second-order valence-corrected chi connectivity index (χ2v) is 0. The summed E-state index contributed by atoms with van der Waals surface area (Å²) in [5, 5.41) is 0. The van der Waals surface area contributed by atoms with Gasteiger partial charge in [0.05, 0.1) is 0 Å². The fourth-order valence-corrected chi connectivity index (χ4v) is 0. The SMILES string of the molecule is N.O.[AlH3].[Hf]. The summed E-state index contributed by atoms with van der Waals surface area (Å²) in [6.45, 7) is 0. The van der Waals surface area contributed by atoms with Crippen molar-refractivity contribution in [3.8, 4) is 0 Å². The van der Waals surface area contributed by atoms with E-state index in [4.69, 9.17) is 0 Å². The summed E-state index contributed by atoms with van der Waals surface area (Å²) in [6, 6.07) is 0. The minimum Gasteiger partial charge on any atom is -0.412 e. The first kappa shape index (κ1) is 56.9. The molecule has 0 aliphatic heterocycles. The van der Waals surface area contributed by atoms with Gasteiger partial charge < -0.3 is 11.6 Å². The van der Waals surface area contributed by atoms with Gasteiger partial charge in [-0.1, -0.05) is 0 Å². The smallest absolute Gasteiger partial charge is 0.187 e. The van der Waals surface area contributed by atoms with Crippen LogP contribution in [0.1, 0.15) is 0 Å². The van der Waals surface area contributed by atoms with Crippen LogP contribution in [0.2, 0.25) is 0 Å². The van der Waals surface area contributed by atoms with Crippen molar-refractivity contribution in [2.24, 2.45) is 0 Å². The third-order valence-corrected chi connectivity index (χ3v) is 0. The van der Waals surface area contributed by atoms with Crippen LogP contribution in [0.25, 0.3) is 0 Å². The molecule has 0 saturated carbocycles. The van der Waals surface area contributed by atoms with Gasteiger partial charge in [0.2, 0.25) is 0 Å². The maximum absolute atomic E-state index is 0. The first-order valence-corrected chi connectivity index (χ1v) is 0. The Kier molecular flexibility index (Phi) is 388. The molecule has 0 spiro atoms. The van der Waals surface area contributed by atoms with E-state index in [2.05, 4.69) is 0 Å². The van der Waals surface area contributed by atoms with Crippen LogP contribution < -0.4 is 6.15 Å². The Morgan fingerprint density at radius 1 is 1.00 bits per heavy atom. The van der Waals surface area contributed by atoms with Gasteiger partial charge in [-0.15, -0.1) is 0 Å². The van der Waals surface area contributed by atoms with E-state index in [1.807, 2.05) is 0 Å². The Balaban J connectivity index is 0. The van der Waals surface area contributed by atoms with Crippen LogP contribution in [-0.4, -0.2) is 22.8 Å². The van der Waals surface area contributed by atoms with E-state index in [1.54, 1.807) is 0 Å². The monoisotopic (exact) mass is 245 g/mol. The molecule has 0 aromatic rings. The van der Waals surface area contributed by atoms with Crippen LogP contribution in [-0.2, 0) is 25.8 Å². The van der Waals surface area contributed by atoms with Crippen LogP contribution in [0, 0.1) is 0 Å². The molecule has 0 aromatic carbocycles. The van der Waals surface area contributed by atoms with Gasteiger partial charge >= 0.3 is 0 Å². The number of hydrogen-bond donors (Lipinski definition) is 1. The Hall–Kier alpha value is 1.32. The van der Waals surface area contributed by atoms with Crippen LogP contribution in [0.5, 0.6) is 0 Å². The van der Waals surface area contributed by atoms with E-state index in [-0.39, 0.29) is 54.8 Å². The Bertz CT molecular complexity index is 8.00.